The molecule has 0 saturated heterocycles. The summed E-state index contributed by atoms with van der Waals surface area (Å²) in [5.41, 5.74) is -1.36. The van der Waals surface area contributed by atoms with Crippen LogP contribution in [0.5, 0.6) is 0 Å². The van der Waals surface area contributed by atoms with Crippen molar-refractivity contribution >= 4 is 5.97 Å². The van der Waals surface area contributed by atoms with Crippen LogP contribution in [0.3, 0.4) is 0 Å². The number of ether oxygens (including phenoxy) is 1. The molecule has 0 aromatic heterocycles. The molecule has 1 N–H and O–H groups in total. The van der Waals surface area contributed by atoms with Crippen LogP contribution in [-0.2, 0) is 9.53 Å². The molecule has 1 aliphatic carbocycles. The van der Waals surface area contributed by atoms with Gasteiger partial charge in [0.2, 0.25) is 0 Å². The lowest BCUT2D eigenvalue weighted by Gasteiger charge is -2.40. The molecule has 0 aromatic carbocycles. The van der Waals surface area contributed by atoms with Crippen molar-refractivity contribution in [1.82, 2.24) is 0 Å². The molecule has 1 aliphatic rings. The molecule has 3 nitrogen and oxygen atoms in total. The van der Waals surface area contributed by atoms with Gasteiger partial charge in [-0.1, -0.05) is 6.92 Å². The molecule has 0 amide bonds. The fourth-order valence-corrected chi connectivity index (χ4v) is 2.80. The smallest absolute Gasteiger partial charge is 0.391 e. The van der Waals surface area contributed by atoms with E-state index in [0.29, 0.717) is 6.42 Å². The molecule has 0 spiro atoms. The zero-order valence-corrected chi connectivity index (χ0v) is 11.3. The standard InChI is InChI=1S/C13H21F3O3/c1-3-10(11(17)19-4-2)12(18)7-5-9(6-8-12)13(14,15)16/h9-10,18H,3-8H2,1-2H3. The van der Waals surface area contributed by atoms with Crippen molar-refractivity contribution in [2.45, 2.75) is 57.7 Å². The Labute approximate surface area is 111 Å². The van der Waals surface area contributed by atoms with Gasteiger partial charge >= 0.3 is 12.1 Å². The minimum absolute atomic E-state index is 0.00546. The molecule has 0 heterocycles. The number of esters is 1. The van der Waals surface area contributed by atoms with Crippen molar-refractivity contribution in [1.29, 1.82) is 0 Å². The molecule has 1 rings (SSSR count). The minimum atomic E-state index is -4.22. The average Bonchev–Trinajstić information content (AvgIpc) is 2.29. The van der Waals surface area contributed by atoms with Crippen LogP contribution in [0.25, 0.3) is 0 Å². The summed E-state index contributed by atoms with van der Waals surface area (Å²) < 4.78 is 42.6. The van der Waals surface area contributed by atoms with Gasteiger partial charge in [-0.05, 0) is 39.0 Å². The number of rotatable bonds is 4. The van der Waals surface area contributed by atoms with Gasteiger partial charge in [-0.25, -0.2) is 0 Å². The minimum Gasteiger partial charge on any atom is -0.466 e. The summed E-state index contributed by atoms with van der Waals surface area (Å²) in [6, 6.07) is 0. The third kappa shape index (κ3) is 3.84. The Hall–Kier alpha value is -0.780. The highest BCUT2D eigenvalue weighted by atomic mass is 19.4. The van der Waals surface area contributed by atoms with Crippen molar-refractivity contribution in [2.24, 2.45) is 11.8 Å². The fraction of sp³-hybridized carbons (Fsp3) is 0.923. The van der Waals surface area contributed by atoms with E-state index in [1.165, 1.54) is 0 Å². The zero-order chi connectivity index (χ0) is 14.7. The van der Waals surface area contributed by atoms with E-state index >= 15 is 0 Å². The molecule has 1 fully saturated rings. The summed E-state index contributed by atoms with van der Waals surface area (Å²) >= 11 is 0. The number of aliphatic hydroxyl groups is 1. The molecule has 6 heteroatoms. The van der Waals surface area contributed by atoms with Crippen molar-refractivity contribution in [3.63, 3.8) is 0 Å². The van der Waals surface area contributed by atoms with E-state index in [0.717, 1.165) is 0 Å². The van der Waals surface area contributed by atoms with E-state index in [-0.39, 0.29) is 32.3 Å². The number of carbonyl (C=O) groups is 1. The van der Waals surface area contributed by atoms with Crippen molar-refractivity contribution in [2.75, 3.05) is 6.61 Å². The fourth-order valence-electron chi connectivity index (χ4n) is 2.80. The molecule has 112 valence electrons. The second-order valence-corrected chi connectivity index (χ2v) is 5.13. The molecule has 19 heavy (non-hydrogen) atoms. The highest BCUT2D eigenvalue weighted by Crippen LogP contribution is 2.44. The molecule has 1 atom stereocenters. The molecular formula is C13H21F3O3. The SMILES string of the molecule is CCOC(=O)C(CC)C1(O)CCC(C(F)(F)F)CC1. The summed E-state index contributed by atoms with van der Waals surface area (Å²) in [6.45, 7) is 3.60. The van der Waals surface area contributed by atoms with Crippen LogP contribution in [0.4, 0.5) is 13.2 Å². The molecular weight excluding hydrogens is 261 g/mol. The van der Waals surface area contributed by atoms with Gasteiger partial charge in [-0.15, -0.1) is 0 Å². The lowest BCUT2D eigenvalue weighted by Crippen LogP contribution is -2.47. The van der Waals surface area contributed by atoms with Crippen molar-refractivity contribution in [3.8, 4) is 0 Å². The van der Waals surface area contributed by atoms with E-state index in [2.05, 4.69) is 0 Å². The van der Waals surface area contributed by atoms with Crippen molar-refractivity contribution in [3.05, 3.63) is 0 Å². The molecule has 0 radical (unpaired) electrons. The second-order valence-electron chi connectivity index (χ2n) is 5.13. The van der Waals surface area contributed by atoms with Gasteiger partial charge in [0.15, 0.2) is 0 Å². The van der Waals surface area contributed by atoms with Crippen LogP contribution in [0.15, 0.2) is 0 Å². The summed E-state index contributed by atoms with van der Waals surface area (Å²) in [4.78, 5) is 11.8. The van der Waals surface area contributed by atoms with Gasteiger partial charge in [0.1, 0.15) is 0 Å². The van der Waals surface area contributed by atoms with Crippen LogP contribution in [0, 0.1) is 11.8 Å². The van der Waals surface area contributed by atoms with E-state index in [1.54, 1.807) is 13.8 Å². The number of alkyl halides is 3. The molecule has 0 bridgehead atoms. The third-order valence-electron chi connectivity index (χ3n) is 3.94. The Balaban J connectivity index is 2.70. The lowest BCUT2D eigenvalue weighted by molar-refractivity contribution is -0.199. The maximum atomic E-state index is 12.6. The van der Waals surface area contributed by atoms with E-state index in [9.17, 15) is 23.1 Å². The summed E-state index contributed by atoms with van der Waals surface area (Å²) in [5.74, 6) is -2.62. The maximum absolute atomic E-state index is 12.6. The second kappa shape index (κ2) is 6.11. The monoisotopic (exact) mass is 282 g/mol. The Morgan fingerprint density at radius 1 is 1.37 bits per heavy atom. The Morgan fingerprint density at radius 3 is 2.26 bits per heavy atom. The molecule has 1 unspecified atom stereocenters. The van der Waals surface area contributed by atoms with Gasteiger partial charge in [-0.3, -0.25) is 4.79 Å². The average molecular weight is 282 g/mol. The van der Waals surface area contributed by atoms with E-state index in [1.807, 2.05) is 0 Å². The number of hydrogen-bond donors (Lipinski definition) is 1. The predicted molar refractivity (Wildman–Crippen MR) is 63.4 cm³/mol. The van der Waals surface area contributed by atoms with Crippen LogP contribution < -0.4 is 0 Å². The topological polar surface area (TPSA) is 46.5 Å². The van der Waals surface area contributed by atoms with E-state index < -0.39 is 29.6 Å². The molecule has 0 aromatic rings. The predicted octanol–water partition coefficient (Wildman–Crippen LogP) is 3.06. The Bertz CT molecular complexity index is 307. The highest BCUT2D eigenvalue weighted by molar-refractivity contribution is 5.73. The first kappa shape index (κ1) is 16.3. The normalized spacial score (nSPS) is 29.9. The quantitative estimate of drug-likeness (QED) is 0.806. The number of halogens is 3. The highest BCUT2D eigenvalue weighted by Gasteiger charge is 2.49. The Kier molecular flexibility index (Phi) is 5.24. The van der Waals surface area contributed by atoms with Gasteiger partial charge in [0.25, 0.3) is 0 Å². The zero-order valence-electron chi connectivity index (χ0n) is 11.3. The summed E-state index contributed by atoms with van der Waals surface area (Å²) in [5, 5.41) is 10.4. The van der Waals surface area contributed by atoms with Crippen LogP contribution >= 0.6 is 0 Å². The Morgan fingerprint density at radius 2 is 1.89 bits per heavy atom. The first-order valence-corrected chi connectivity index (χ1v) is 6.70. The molecule has 1 saturated carbocycles. The van der Waals surface area contributed by atoms with Gasteiger partial charge in [0, 0.05) is 0 Å². The maximum Gasteiger partial charge on any atom is 0.391 e. The number of carbonyl (C=O) groups excluding carboxylic acids is 1. The van der Waals surface area contributed by atoms with Gasteiger partial charge in [0.05, 0.1) is 24.0 Å². The molecule has 0 aliphatic heterocycles. The van der Waals surface area contributed by atoms with Crippen LogP contribution in [0.1, 0.15) is 46.0 Å². The van der Waals surface area contributed by atoms with Gasteiger partial charge in [-0.2, -0.15) is 13.2 Å². The first-order valence-electron chi connectivity index (χ1n) is 6.70. The van der Waals surface area contributed by atoms with Crippen LogP contribution in [-0.4, -0.2) is 29.5 Å². The summed E-state index contributed by atoms with van der Waals surface area (Å²) in [7, 11) is 0. The van der Waals surface area contributed by atoms with E-state index in [4.69, 9.17) is 4.74 Å². The summed E-state index contributed by atoms with van der Waals surface area (Å²) in [6.07, 6.45) is -4.12. The number of hydrogen-bond acceptors (Lipinski definition) is 3. The van der Waals surface area contributed by atoms with Crippen LogP contribution in [0.2, 0.25) is 0 Å². The lowest BCUT2D eigenvalue weighted by atomic mass is 9.71. The van der Waals surface area contributed by atoms with Crippen molar-refractivity contribution < 1.29 is 27.8 Å². The largest absolute Gasteiger partial charge is 0.466 e. The van der Waals surface area contributed by atoms with Gasteiger partial charge < -0.3 is 9.84 Å². The first-order chi connectivity index (χ1) is 8.74. The third-order valence-corrected chi connectivity index (χ3v) is 3.94.